The molecule has 1 fully saturated rings. The fourth-order valence-electron chi connectivity index (χ4n) is 2.44. The molecule has 0 aliphatic heterocycles. The van der Waals surface area contributed by atoms with E-state index in [0.717, 1.165) is 25.7 Å². The highest BCUT2D eigenvalue weighted by Gasteiger charge is 2.12. The zero-order chi connectivity index (χ0) is 12.3. The van der Waals surface area contributed by atoms with Gasteiger partial charge in [-0.15, -0.1) is 0 Å². The Morgan fingerprint density at radius 1 is 0.412 bits per heavy atom. The van der Waals surface area contributed by atoms with E-state index in [1.54, 1.807) is 0 Å². The summed E-state index contributed by atoms with van der Waals surface area (Å²) in [6.45, 7) is 0. The summed E-state index contributed by atoms with van der Waals surface area (Å²) in [5, 5.41) is 0. The van der Waals surface area contributed by atoms with Gasteiger partial charge in [0.25, 0.3) is 0 Å². The minimum atomic E-state index is -0.125. The quantitative estimate of drug-likeness (QED) is 0.592. The monoisotopic (exact) mass is 238 g/mol. The topological polar surface area (TPSA) is 34.1 Å². The molecule has 2 heteroatoms. The van der Waals surface area contributed by atoms with Crippen LogP contribution in [-0.4, -0.2) is 11.6 Å². The number of Topliss-reactive ketones (excluding diaryl/α,β-unsaturated/α-hetero) is 2. The molecule has 0 spiro atoms. The van der Waals surface area contributed by atoms with Crippen molar-refractivity contribution >= 4 is 11.6 Å². The molecule has 2 nitrogen and oxygen atoms in total. The van der Waals surface area contributed by atoms with Crippen LogP contribution in [0, 0.1) is 0 Å². The molecule has 1 saturated carbocycles. The summed E-state index contributed by atoms with van der Waals surface area (Å²) >= 11 is 0. The standard InChI is InChI=1S/C15H26O2/c16-14-12-10-8-6-4-2-1-3-5-7-9-11-13-15(14)17/h1-13H2. The van der Waals surface area contributed by atoms with Crippen LogP contribution in [0.2, 0.25) is 0 Å². The lowest BCUT2D eigenvalue weighted by atomic mass is 10.0. The molecule has 0 heterocycles. The molecule has 0 aromatic carbocycles. The van der Waals surface area contributed by atoms with Crippen LogP contribution in [0.4, 0.5) is 0 Å². The summed E-state index contributed by atoms with van der Waals surface area (Å²) in [5.41, 5.74) is 0. The second kappa shape index (κ2) is 9.38. The molecule has 0 aromatic rings. The first-order chi connectivity index (χ1) is 8.30. The number of hydrogen-bond acceptors (Lipinski definition) is 2. The number of hydrogen-bond donors (Lipinski definition) is 0. The van der Waals surface area contributed by atoms with Gasteiger partial charge in [0, 0.05) is 12.8 Å². The van der Waals surface area contributed by atoms with E-state index in [0.29, 0.717) is 12.8 Å². The van der Waals surface area contributed by atoms with Crippen LogP contribution < -0.4 is 0 Å². The fourth-order valence-corrected chi connectivity index (χ4v) is 2.44. The van der Waals surface area contributed by atoms with Gasteiger partial charge in [-0.2, -0.15) is 0 Å². The van der Waals surface area contributed by atoms with Crippen molar-refractivity contribution in [3.05, 3.63) is 0 Å². The molecule has 17 heavy (non-hydrogen) atoms. The van der Waals surface area contributed by atoms with Crippen LogP contribution in [0.5, 0.6) is 0 Å². The van der Waals surface area contributed by atoms with Gasteiger partial charge < -0.3 is 0 Å². The Balaban J connectivity index is 2.26. The first-order valence-corrected chi connectivity index (χ1v) is 7.37. The second-order valence-corrected chi connectivity index (χ2v) is 5.24. The SMILES string of the molecule is O=C1CCCCCCCCCCCCCC1=O. The van der Waals surface area contributed by atoms with Crippen molar-refractivity contribution < 1.29 is 9.59 Å². The maximum Gasteiger partial charge on any atom is 0.198 e. The average molecular weight is 238 g/mol. The summed E-state index contributed by atoms with van der Waals surface area (Å²) in [5.74, 6) is -0.250. The van der Waals surface area contributed by atoms with Gasteiger partial charge in [-0.05, 0) is 12.8 Å². The summed E-state index contributed by atoms with van der Waals surface area (Å²) in [4.78, 5) is 23.0. The van der Waals surface area contributed by atoms with E-state index in [-0.39, 0.29) is 11.6 Å². The van der Waals surface area contributed by atoms with Gasteiger partial charge in [0.2, 0.25) is 0 Å². The van der Waals surface area contributed by atoms with E-state index in [2.05, 4.69) is 0 Å². The highest BCUT2D eigenvalue weighted by atomic mass is 16.2. The zero-order valence-electron chi connectivity index (χ0n) is 11.0. The van der Waals surface area contributed by atoms with Crippen LogP contribution in [0.15, 0.2) is 0 Å². The van der Waals surface area contributed by atoms with E-state index < -0.39 is 0 Å². The van der Waals surface area contributed by atoms with Crippen molar-refractivity contribution in [2.24, 2.45) is 0 Å². The van der Waals surface area contributed by atoms with Gasteiger partial charge in [-0.1, -0.05) is 57.8 Å². The zero-order valence-corrected chi connectivity index (χ0v) is 11.0. The Labute approximate surface area is 105 Å². The Morgan fingerprint density at radius 3 is 0.941 bits per heavy atom. The third-order valence-electron chi connectivity index (χ3n) is 3.62. The maximum atomic E-state index is 11.5. The normalized spacial score (nSPS) is 22.8. The molecule has 98 valence electrons. The largest absolute Gasteiger partial charge is 0.291 e. The Bertz CT molecular complexity index is 209. The first kappa shape index (κ1) is 14.4. The molecule has 0 N–H and O–H groups in total. The predicted octanol–water partition coefficient (Wildman–Crippen LogP) is 4.21. The smallest absolute Gasteiger partial charge is 0.198 e. The number of carbonyl (C=O) groups excluding carboxylic acids is 2. The molecule has 0 saturated heterocycles. The van der Waals surface area contributed by atoms with Gasteiger partial charge in [-0.3, -0.25) is 9.59 Å². The van der Waals surface area contributed by atoms with Crippen LogP contribution in [-0.2, 0) is 9.59 Å². The molecular weight excluding hydrogens is 212 g/mol. The third-order valence-corrected chi connectivity index (χ3v) is 3.62. The van der Waals surface area contributed by atoms with E-state index >= 15 is 0 Å². The summed E-state index contributed by atoms with van der Waals surface area (Å²) < 4.78 is 0. The van der Waals surface area contributed by atoms with Crippen molar-refractivity contribution in [1.29, 1.82) is 0 Å². The van der Waals surface area contributed by atoms with Crippen molar-refractivity contribution in [3.63, 3.8) is 0 Å². The highest BCUT2D eigenvalue weighted by Crippen LogP contribution is 2.14. The Hall–Kier alpha value is -0.660. The highest BCUT2D eigenvalue weighted by molar-refractivity contribution is 6.37. The minimum absolute atomic E-state index is 0.125. The van der Waals surface area contributed by atoms with Gasteiger partial charge in [-0.25, -0.2) is 0 Å². The molecule has 1 aliphatic carbocycles. The summed E-state index contributed by atoms with van der Waals surface area (Å²) in [6, 6.07) is 0. The predicted molar refractivity (Wildman–Crippen MR) is 70.0 cm³/mol. The molecule has 0 unspecified atom stereocenters. The molecule has 0 amide bonds. The van der Waals surface area contributed by atoms with Crippen molar-refractivity contribution in [2.75, 3.05) is 0 Å². The molecule has 0 radical (unpaired) electrons. The molecule has 0 bridgehead atoms. The molecular formula is C15H26O2. The Kier molecular flexibility index (Phi) is 7.94. The van der Waals surface area contributed by atoms with E-state index in [1.165, 1.54) is 44.9 Å². The number of rotatable bonds is 0. The minimum Gasteiger partial charge on any atom is -0.291 e. The van der Waals surface area contributed by atoms with Crippen LogP contribution in [0.1, 0.15) is 83.5 Å². The van der Waals surface area contributed by atoms with Gasteiger partial charge in [0.15, 0.2) is 11.6 Å². The first-order valence-electron chi connectivity index (χ1n) is 7.37. The van der Waals surface area contributed by atoms with Crippen molar-refractivity contribution in [1.82, 2.24) is 0 Å². The summed E-state index contributed by atoms with van der Waals surface area (Å²) in [7, 11) is 0. The molecule has 1 aliphatic rings. The van der Waals surface area contributed by atoms with E-state index in [9.17, 15) is 9.59 Å². The lowest BCUT2D eigenvalue weighted by Crippen LogP contribution is -2.13. The van der Waals surface area contributed by atoms with Crippen molar-refractivity contribution in [3.8, 4) is 0 Å². The average Bonchev–Trinajstić information content (AvgIpc) is 2.34. The summed E-state index contributed by atoms with van der Waals surface area (Å²) in [6.07, 6.45) is 14.1. The third kappa shape index (κ3) is 7.30. The van der Waals surface area contributed by atoms with Crippen LogP contribution in [0.25, 0.3) is 0 Å². The van der Waals surface area contributed by atoms with Gasteiger partial charge >= 0.3 is 0 Å². The maximum absolute atomic E-state index is 11.5. The van der Waals surface area contributed by atoms with Crippen molar-refractivity contribution in [2.45, 2.75) is 83.5 Å². The fraction of sp³-hybridized carbons (Fsp3) is 0.867. The molecule has 0 atom stereocenters. The van der Waals surface area contributed by atoms with E-state index in [1.807, 2.05) is 0 Å². The molecule has 1 rings (SSSR count). The van der Waals surface area contributed by atoms with Crippen LogP contribution >= 0.6 is 0 Å². The Morgan fingerprint density at radius 2 is 0.647 bits per heavy atom. The van der Waals surface area contributed by atoms with Gasteiger partial charge in [0.1, 0.15) is 0 Å². The number of ketones is 2. The van der Waals surface area contributed by atoms with Gasteiger partial charge in [0.05, 0.1) is 0 Å². The lowest BCUT2D eigenvalue weighted by Gasteiger charge is -2.01. The lowest BCUT2D eigenvalue weighted by molar-refractivity contribution is -0.136. The molecule has 0 aromatic heterocycles. The van der Waals surface area contributed by atoms with Crippen LogP contribution in [0.3, 0.4) is 0 Å². The van der Waals surface area contributed by atoms with E-state index in [4.69, 9.17) is 0 Å². The second-order valence-electron chi connectivity index (χ2n) is 5.24. The number of carbonyl (C=O) groups is 2.